The van der Waals surface area contributed by atoms with E-state index in [-0.39, 0.29) is 5.12 Å². The second-order valence-electron chi connectivity index (χ2n) is 4.48. The summed E-state index contributed by atoms with van der Waals surface area (Å²) in [7, 11) is 0. The summed E-state index contributed by atoms with van der Waals surface area (Å²) >= 11 is 1.37. The highest BCUT2D eigenvalue weighted by Gasteiger charge is 2.13. The second-order valence-corrected chi connectivity index (χ2v) is 5.43. The van der Waals surface area contributed by atoms with Crippen molar-refractivity contribution in [3.63, 3.8) is 0 Å². The molecule has 0 atom stereocenters. The lowest BCUT2D eigenvalue weighted by Gasteiger charge is -2.22. The van der Waals surface area contributed by atoms with Gasteiger partial charge in [-0.05, 0) is 12.8 Å². The van der Waals surface area contributed by atoms with Gasteiger partial charge in [0.05, 0.1) is 0 Å². The van der Waals surface area contributed by atoms with Gasteiger partial charge in [-0.1, -0.05) is 61.4 Å². The topological polar surface area (TPSA) is 29.1 Å². The van der Waals surface area contributed by atoms with E-state index in [4.69, 9.17) is 0 Å². The Morgan fingerprint density at radius 3 is 2.59 bits per heavy atom. The average Bonchev–Trinajstić information content (AvgIpc) is 2.41. The molecule has 1 fully saturated rings. The van der Waals surface area contributed by atoms with E-state index >= 15 is 0 Å². The van der Waals surface area contributed by atoms with E-state index in [9.17, 15) is 4.79 Å². The first-order chi connectivity index (χ1) is 8.36. The molecule has 17 heavy (non-hydrogen) atoms. The van der Waals surface area contributed by atoms with Gasteiger partial charge in [-0.25, -0.2) is 0 Å². The third kappa shape index (κ3) is 4.17. The summed E-state index contributed by atoms with van der Waals surface area (Å²) in [6.45, 7) is 0. The molecule has 0 bridgehead atoms. The summed E-state index contributed by atoms with van der Waals surface area (Å²) in [4.78, 5) is 11.8. The maximum absolute atomic E-state index is 11.8. The molecule has 0 radical (unpaired) electrons. The molecule has 0 spiro atoms. The summed E-state index contributed by atoms with van der Waals surface area (Å²) in [6, 6.07) is 10.1. The van der Waals surface area contributed by atoms with Gasteiger partial charge in [0.15, 0.2) is 0 Å². The quantitative estimate of drug-likeness (QED) is 0.829. The van der Waals surface area contributed by atoms with E-state index < -0.39 is 0 Å². The van der Waals surface area contributed by atoms with Gasteiger partial charge in [-0.15, -0.1) is 0 Å². The van der Waals surface area contributed by atoms with Gasteiger partial charge in [0.2, 0.25) is 5.12 Å². The van der Waals surface area contributed by atoms with Crippen LogP contribution in [0.15, 0.2) is 30.3 Å². The van der Waals surface area contributed by atoms with Crippen LogP contribution < -0.4 is 5.32 Å². The van der Waals surface area contributed by atoms with E-state index in [1.165, 1.54) is 43.9 Å². The van der Waals surface area contributed by atoms with Crippen LogP contribution in [-0.2, 0) is 0 Å². The number of rotatable bonds is 4. The summed E-state index contributed by atoms with van der Waals surface area (Å²) in [5.41, 5.74) is 0.794. The standard InChI is InChI=1S/C14H19NOS/c16-14(12-7-3-1-4-8-12)17-11-15-13-9-5-2-6-10-13/h1,3-4,7-8,13,15H,2,5-6,9-11H2. The summed E-state index contributed by atoms with van der Waals surface area (Å²) in [5.74, 6) is 0.735. The minimum absolute atomic E-state index is 0.161. The molecule has 92 valence electrons. The van der Waals surface area contributed by atoms with Gasteiger partial charge in [-0.2, -0.15) is 0 Å². The molecule has 3 heteroatoms. The lowest BCUT2D eigenvalue weighted by atomic mass is 9.96. The Hall–Kier alpha value is -0.800. The van der Waals surface area contributed by atoms with Crippen LogP contribution >= 0.6 is 11.8 Å². The normalized spacial score (nSPS) is 16.9. The number of hydrogen-bond acceptors (Lipinski definition) is 3. The van der Waals surface area contributed by atoms with E-state index in [1.807, 2.05) is 30.3 Å². The van der Waals surface area contributed by atoms with E-state index in [0.29, 0.717) is 6.04 Å². The summed E-state index contributed by atoms with van der Waals surface area (Å²) < 4.78 is 0. The van der Waals surface area contributed by atoms with Crippen molar-refractivity contribution < 1.29 is 4.79 Å². The zero-order valence-corrected chi connectivity index (χ0v) is 10.8. The molecule has 1 aromatic carbocycles. The number of thioether (sulfide) groups is 1. The molecule has 2 rings (SSSR count). The monoisotopic (exact) mass is 249 g/mol. The van der Waals surface area contributed by atoms with Crippen molar-refractivity contribution in [2.75, 3.05) is 5.88 Å². The fourth-order valence-electron chi connectivity index (χ4n) is 2.19. The fourth-order valence-corrected chi connectivity index (χ4v) is 2.94. The number of hydrogen-bond donors (Lipinski definition) is 1. The fraction of sp³-hybridized carbons (Fsp3) is 0.500. The van der Waals surface area contributed by atoms with Crippen LogP contribution in [0.2, 0.25) is 0 Å². The van der Waals surface area contributed by atoms with Gasteiger partial charge in [0.1, 0.15) is 0 Å². The third-order valence-electron chi connectivity index (χ3n) is 3.19. The molecule has 1 aromatic rings. The smallest absolute Gasteiger partial charge is 0.220 e. The maximum Gasteiger partial charge on any atom is 0.220 e. The molecule has 1 aliphatic carbocycles. The SMILES string of the molecule is O=C(SCNC1CCCCC1)c1ccccc1. The van der Waals surface area contributed by atoms with E-state index in [1.54, 1.807) is 0 Å². The molecule has 0 unspecified atom stereocenters. The van der Waals surface area contributed by atoms with Crippen molar-refractivity contribution >= 4 is 16.9 Å². The summed E-state index contributed by atoms with van der Waals surface area (Å²) in [6.07, 6.45) is 6.55. The lowest BCUT2D eigenvalue weighted by molar-refractivity contribution is 0.108. The zero-order valence-electron chi connectivity index (χ0n) is 10.0. The molecule has 1 N–H and O–H groups in total. The van der Waals surface area contributed by atoms with Crippen LogP contribution in [0.4, 0.5) is 0 Å². The molecule has 1 saturated carbocycles. The van der Waals surface area contributed by atoms with Crippen LogP contribution in [0.25, 0.3) is 0 Å². The van der Waals surface area contributed by atoms with Crippen molar-refractivity contribution in [2.45, 2.75) is 38.1 Å². The minimum atomic E-state index is 0.161. The molecule has 0 amide bonds. The highest BCUT2D eigenvalue weighted by molar-refractivity contribution is 8.14. The summed E-state index contributed by atoms with van der Waals surface area (Å²) in [5, 5.41) is 3.63. The Morgan fingerprint density at radius 2 is 1.88 bits per heavy atom. The van der Waals surface area contributed by atoms with Crippen LogP contribution in [0.3, 0.4) is 0 Å². The van der Waals surface area contributed by atoms with Crippen molar-refractivity contribution in [1.29, 1.82) is 0 Å². The maximum atomic E-state index is 11.8. The Kier molecular flexibility index (Phi) is 5.08. The minimum Gasteiger partial charge on any atom is -0.305 e. The second kappa shape index (κ2) is 6.82. The molecular weight excluding hydrogens is 230 g/mol. The molecule has 0 heterocycles. The Bertz CT molecular complexity index is 346. The molecule has 2 nitrogen and oxygen atoms in total. The molecular formula is C14H19NOS. The first-order valence-corrected chi connectivity index (χ1v) is 7.30. The van der Waals surface area contributed by atoms with Crippen LogP contribution in [0.5, 0.6) is 0 Å². The van der Waals surface area contributed by atoms with Gasteiger partial charge in [0, 0.05) is 17.5 Å². The lowest BCUT2D eigenvalue weighted by Crippen LogP contribution is -2.31. The zero-order chi connectivity index (χ0) is 11.9. The average molecular weight is 249 g/mol. The number of benzene rings is 1. The van der Waals surface area contributed by atoms with Crippen LogP contribution in [0.1, 0.15) is 42.5 Å². The number of carbonyl (C=O) groups is 1. The highest BCUT2D eigenvalue weighted by atomic mass is 32.2. The van der Waals surface area contributed by atoms with Gasteiger partial charge >= 0.3 is 0 Å². The first kappa shape index (κ1) is 12.7. The molecule has 0 aromatic heterocycles. The largest absolute Gasteiger partial charge is 0.305 e. The Labute approximate surface area is 107 Å². The van der Waals surface area contributed by atoms with E-state index in [2.05, 4.69) is 5.32 Å². The third-order valence-corrected chi connectivity index (χ3v) is 4.00. The van der Waals surface area contributed by atoms with Crippen molar-refractivity contribution in [1.82, 2.24) is 5.32 Å². The first-order valence-electron chi connectivity index (χ1n) is 6.32. The molecule has 0 aliphatic heterocycles. The van der Waals surface area contributed by atoms with Crippen molar-refractivity contribution in [3.05, 3.63) is 35.9 Å². The molecule has 0 saturated heterocycles. The van der Waals surface area contributed by atoms with E-state index in [0.717, 1.165) is 11.4 Å². The van der Waals surface area contributed by atoms with Gasteiger partial charge in [-0.3, -0.25) is 4.79 Å². The Balaban J connectivity index is 1.69. The molecule has 1 aliphatic rings. The Morgan fingerprint density at radius 1 is 1.18 bits per heavy atom. The van der Waals surface area contributed by atoms with Crippen molar-refractivity contribution in [3.8, 4) is 0 Å². The van der Waals surface area contributed by atoms with Gasteiger partial charge < -0.3 is 5.32 Å². The van der Waals surface area contributed by atoms with Crippen LogP contribution in [-0.4, -0.2) is 17.0 Å². The van der Waals surface area contributed by atoms with Crippen molar-refractivity contribution in [2.24, 2.45) is 0 Å². The number of carbonyl (C=O) groups excluding carboxylic acids is 1. The predicted molar refractivity (Wildman–Crippen MR) is 73.2 cm³/mol. The van der Waals surface area contributed by atoms with Crippen LogP contribution in [0, 0.1) is 0 Å². The number of nitrogens with one attached hydrogen (secondary N) is 1. The predicted octanol–water partition coefficient (Wildman–Crippen LogP) is 3.44. The highest BCUT2D eigenvalue weighted by Crippen LogP contribution is 2.18. The van der Waals surface area contributed by atoms with Gasteiger partial charge in [0.25, 0.3) is 0 Å².